The predicted octanol–water partition coefficient (Wildman–Crippen LogP) is 2.72. The van der Waals surface area contributed by atoms with E-state index in [1.54, 1.807) is 43.5 Å². The molecule has 0 unspecified atom stereocenters. The summed E-state index contributed by atoms with van der Waals surface area (Å²) in [7, 11) is -2.05. The number of nitrogens with zero attached hydrogens (tertiary/aromatic N) is 1. The van der Waals surface area contributed by atoms with E-state index in [-0.39, 0.29) is 6.54 Å². The molecule has 2 rings (SSSR count). The minimum atomic E-state index is -3.60. The van der Waals surface area contributed by atoms with Gasteiger partial charge in [-0.15, -0.1) is 0 Å². The maximum absolute atomic E-state index is 12.3. The maximum atomic E-state index is 12.3. The molecule has 2 aromatic rings. The molecule has 0 saturated heterocycles. The number of rotatable bonds is 6. The second kappa shape index (κ2) is 7.57. The van der Waals surface area contributed by atoms with Gasteiger partial charge in [0.05, 0.1) is 19.1 Å². The number of aryl methyl sites for hydroxylation is 1. The molecule has 2 aromatic carbocycles. The molecule has 1 N–H and O–H groups in total. The third kappa shape index (κ3) is 4.73. The highest BCUT2D eigenvalue weighted by Gasteiger charge is 2.22. The molecular weight excluding hydrogens is 340 g/mol. The molecule has 6 nitrogen and oxygen atoms in total. The van der Waals surface area contributed by atoms with Crippen LogP contribution in [0.15, 0.2) is 42.5 Å². The number of hydrogen-bond donors (Lipinski definition) is 1. The van der Waals surface area contributed by atoms with Crippen LogP contribution in [0.3, 0.4) is 0 Å². The molecule has 0 aliphatic rings. The van der Waals surface area contributed by atoms with Crippen LogP contribution in [0.2, 0.25) is 0 Å². The zero-order valence-electron chi connectivity index (χ0n) is 14.7. The number of anilines is 2. The Morgan fingerprint density at radius 2 is 1.76 bits per heavy atom. The molecule has 0 atom stereocenters. The van der Waals surface area contributed by atoms with E-state index < -0.39 is 15.9 Å². The second-order valence-corrected chi connectivity index (χ2v) is 7.67. The smallest absolute Gasteiger partial charge is 0.245 e. The molecule has 1 amide bonds. The molecule has 0 aromatic heterocycles. The van der Waals surface area contributed by atoms with Crippen LogP contribution < -0.4 is 14.4 Å². The van der Waals surface area contributed by atoms with Crippen molar-refractivity contribution in [2.75, 3.05) is 29.5 Å². The molecule has 0 radical (unpaired) electrons. The van der Waals surface area contributed by atoms with Gasteiger partial charge in [0.1, 0.15) is 12.3 Å². The van der Waals surface area contributed by atoms with Gasteiger partial charge >= 0.3 is 0 Å². The van der Waals surface area contributed by atoms with E-state index in [1.165, 1.54) is 0 Å². The van der Waals surface area contributed by atoms with Crippen LogP contribution >= 0.6 is 0 Å². The van der Waals surface area contributed by atoms with Crippen molar-refractivity contribution < 1.29 is 17.9 Å². The molecule has 0 fully saturated rings. The van der Waals surface area contributed by atoms with E-state index in [4.69, 9.17) is 4.74 Å². The summed E-state index contributed by atoms with van der Waals surface area (Å²) in [5.41, 5.74) is 2.86. The molecule has 0 aliphatic heterocycles. The van der Waals surface area contributed by atoms with Gasteiger partial charge in [0, 0.05) is 5.69 Å². The lowest BCUT2D eigenvalue weighted by Crippen LogP contribution is -2.38. The van der Waals surface area contributed by atoms with Crippen LogP contribution in [0.25, 0.3) is 0 Å². The van der Waals surface area contributed by atoms with E-state index in [9.17, 15) is 13.2 Å². The van der Waals surface area contributed by atoms with Crippen molar-refractivity contribution >= 4 is 27.3 Å². The molecule has 0 bridgehead atoms. The van der Waals surface area contributed by atoms with Crippen LogP contribution in [-0.4, -0.2) is 34.2 Å². The average Bonchev–Trinajstić information content (AvgIpc) is 2.55. The van der Waals surface area contributed by atoms with Gasteiger partial charge in [-0.05, 0) is 55.3 Å². The van der Waals surface area contributed by atoms with Gasteiger partial charge in [0.2, 0.25) is 15.9 Å². The van der Waals surface area contributed by atoms with Crippen LogP contribution in [0.5, 0.6) is 5.75 Å². The number of carbonyl (C=O) groups excluding carboxylic acids is 1. The summed E-state index contributed by atoms with van der Waals surface area (Å²) >= 11 is 0. The summed E-state index contributed by atoms with van der Waals surface area (Å²) < 4.78 is 30.6. The first-order valence-corrected chi connectivity index (χ1v) is 9.55. The lowest BCUT2D eigenvalue weighted by atomic mass is 10.1. The third-order valence-electron chi connectivity index (χ3n) is 3.91. The molecule has 0 heterocycles. The number of carbonyl (C=O) groups is 1. The molecule has 25 heavy (non-hydrogen) atoms. The predicted molar refractivity (Wildman–Crippen MR) is 99.7 cm³/mol. The summed E-state index contributed by atoms with van der Waals surface area (Å²) in [4.78, 5) is 12.3. The lowest BCUT2D eigenvalue weighted by Gasteiger charge is -2.24. The second-order valence-electron chi connectivity index (χ2n) is 5.77. The first-order valence-electron chi connectivity index (χ1n) is 7.70. The van der Waals surface area contributed by atoms with Crippen molar-refractivity contribution in [3.63, 3.8) is 0 Å². The van der Waals surface area contributed by atoms with E-state index >= 15 is 0 Å². The van der Waals surface area contributed by atoms with Gasteiger partial charge in [-0.2, -0.15) is 0 Å². The zero-order chi connectivity index (χ0) is 18.6. The molecule has 7 heteroatoms. The third-order valence-corrected chi connectivity index (χ3v) is 5.03. The van der Waals surface area contributed by atoms with Crippen molar-refractivity contribution in [3.8, 4) is 5.75 Å². The zero-order valence-corrected chi connectivity index (χ0v) is 15.6. The van der Waals surface area contributed by atoms with Gasteiger partial charge in [-0.25, -0.2) is 8.42 Å². The number of benzene rings is 2. The summed E-state index contributed by atoms with van der Waals surface area (Å²) in [6.07, 6.45) is 1.09. The first kappa shape index (κ1) is 18.8. The quantitative estimate of drug-likeness (QED) is 0.857. The van der Waals surface area contributed by atoms with Gasteiger partial charge in [0.15, 0.2) is 0 Å². The van der Waals surface area contributed by atoms with Crippen molar-refractivity contribution in [1.82, 2.24) is 0 Å². The average molecular weight is 362 g/mol. The number of amides is 1. The number of hydrogen-bond acceptors (Lipinski definition) is 4. The summed E-state index contributed by atoms with van der Waals surface area (Å²) in [5, 5.41) is 2.70. The largest absolute Gasteiger partial charge is 0.497 e. The fraction of sp³-hybridized carbons (Fsp3) is 0.278. The van der Waals surface area contributed by atoms with E-state index in [0.29, 0.717) is 17.1 Å². The normalized spacial score (nSPS) is 11.0. The highest BCUT2D eigenvalue weighted by molar-refractivity contribution is 7.92. The highest BCUT2D eigenvalue weighted by atomic mass is 32.2. The highest BCUT2D eigenvalue weighted by Crippen LogP contribution is 2.25. The number of nitrogens with one attached hydrogen (secondary N) is 1. The van der Waals surface area contributed by atoms with Crippen LogP contribution in [-0.2, 0) is 14.8 Å². The Bertz CT molecular complexity index is 861. The van der Waals surface area contributed by atoms with Crippen molar-refractivity contribution in [2.24, 2.45) is 0 Å². The summed E-state index contributed by atoms with van der Waals surface area (Å²) in [6.45, 7) is 3.44. The number of ether oxygens (including phenoxy) is 1. The SMILES string of the molecule is COc1ccc(NC(=O)CN(c2cccc(C)c2C)S(C)(=O)=O)cc1. The van der Waals surface area contributed by atoms with Crippen molar-refractivity contribution in [3.05, 3.63) is 53.6 Å². The fourth-order valence-corrected chi connectivity index (χ4v) is 3.30. The standard InChI is InChI=1S/C18H22N2O4S/c1-13-6-5-7-17(14(13)2)20(25(4,22)23)12-18(21)19-15-8-10-16(24-3)11-9-15/h5-11H,12H2,1-4H3,(H,19,21). The summed E-state index contributed by atoms with van der Waals surface area (Å²) in [6, 6.07) is 12.2. The number of sulfonamides is 1. The minimum absolute atomic E-state index is 0.296. The molecule has 0 aliphatic carbocycles. The Labute approximate surface area is 148 Å². The monoisotopic (exact) mass is 362 g/mol. The maximum Gasteiger partial charge on any atom is 0.245 e. The van der Waals surface area contributed by atoms with Crippen LogP contribution in [0.4, 0.5) is 11.4 Å². The van der Waals surface area contributed by atoms with Gasteiger partial charge < -0.3 is 10.1 Å². The lowest BCUT2D eigenvalue weighted by molar-refractivity contribution is -0.114. The van der Waals surface area contributed by atoms with Gasteiger partial charge in [-0.1, -0.05) is 12.1 Å². The topological polar surface area (TPSA) is 75.7 Å². The Hall–Kier alpha value is -2.54. The molecule has 0 spiro atoms. The van der Waals surface area contributed by atoms with E-state index in [0.717, 1.165) is 21.7 Å². The van der Waals surface area contributed by atoms with Crippen molar-refractivity contribution in [2.45, 2.75) is 13.8 Å². The Kier molecular flexibility index (Phi) is 5.69. The van der Waals surface area contributed by atoms with E-state index in [1.807, 2.05) is 19.9 Å². The van der Waals surface area contributed by atoms with Gasteiger partial charge in [-0.3, -0.25) is 9.10 Å². The minimum Gasteiger partial charge on any atom is -0.497 e. The fourth-order valence-electron chi connectivity index (χ4n) is 2.39. The van der Waals surface area contributed by atoms with Crippen LogP contribution in [0, 0.1) is 13.8 Å². The number of methoxy groups -OCH3 is 1. The summed E-state index contributed by atoms with van der Waals surface area (Å²) in [5.74, 6) is 0.252. The molecule has 134 valence electrons. The first-order chi connectivity index (χ1) is 11.7. The molecular formula is C18H22N2O4S. The van der Waals surface area contributed by atoms with E-state index in [2.05, 4.69) is 5.32 Å². The Morgan fingerprint density at radius 3 is 2.32 bits per heavy atom. The van der Waals surface area contributed by atoms with Crippen LogP contribution in [0.1, 0.15) is 11.1 Å². The van der Waals surface area contributed by atoms with Gasteiger partial charge in [0.25, 0.3) is 0 Å². The Morgan fingerprint density at radius 1 is 1.12 bits per heavy atom. The Balaban J connectivity index is 2.22. The molecule has 0 saturated carbocycles. The van der Waals surface area contributed by atoms with Crippen molar-refractivity contribution in [1.29, 1.82) is 0 Å².